The predicted octanol–water partition coefficient (Wildman–Crippen LogP) is 22.6. The molecule has 0 aromatic heterocycles. The lowest BCUT2D eigenvalue weighted by atomic mass is 9.43. The molecule has 0 amide bonds. The molecule has 558 valence electrons. The average Bonchev–Trinajstić information content (AvgIpc) is 0.742. The van der Waals surface area contributed by atoms with Gasteiger partial charge in [0.25, 0.3) is 0 Å². The Bertz CT molecular complexity index is 7420. The third-order valence-electron chi connectivity index (χ3n) is 27.9. The third-order valence-corrected chi connectivity index (χ3v) is 32.5. The van der Waals surface area contributed by atoms with Crippen molar-refractivity contribution in [1.82, 2.24) is 0 Å². The van der Waals surface area contributed by atoms with Gasteiger partial charge >= 0.3 is 20.5 Å². The van der Waals surface area contributed by atoms with Crippen LogP contribution in [0.5, 0.6) is 46.0 Å². The first-order valence-corrected chi connectivity index (χ1v) is 45.6. The molecule has 1 unspecified atom stereocenters. The summed E-state index contributed by atoms with van der Waals surface area (Å²) in [5.74, 6) is 7.37. The van der Waals surface area contributed by atoms with E-state index in [0.29, 0.717) is 5.92 Å². The van der Waals surface area contributed by atoms with Crippen LogP contribution in [0.1, 0.15) is 49.3 Å². The van der Waals surface area contributed by atoms with Crippen LogP contribution in [0.25, 0.3) is 55.6 Å². The van der Waals surface area contributed by atoms with Gasteiger partial charge in [-0.1, -0.05) is 228 Å². The molecule has 0 spiro atoms. The van der Waals surface area contributed by atoms with E-state index in [2.05, 4.69) is 366 Å². The molecule has 15 heteroatoms. The zero-order valence-corrected chi connectivity index (χ0v) is 67.5. The summed E-state index contributed by atoms with van der Waals surface area (Å²) in [6, 6.07) is 114. The minimum atomic E-state index is -2.38. The Morgan fingerprint density at radius 1 is 0.294 bits per heavy atom. The predicted molar refractivity (Wildman–Crippen MR) is 492 cm³/mol. The number of hydrogen-bond acceptors (Lipinski definition) is 11. The molecular formula is C104H69B3N6O4SSi. The highest BCUT2D eigenvalue weighted by atomic mass is 32.2. The zero-order chi connectivity index (χ0) is 78.0. The summed E-state index contributed by atoms with van der Waals surface area (Å²) in [6.07, 6.45) is 0.832. The minimum absolute atomic E-state index is 0.0820. The zero-order valence-electron chi connectivity index (χ0n) is 65.7. The van der Waals surface area contributed by atoms with Gasteiger partial charge in [0.2, 0.25) is 0 Å². The van der Waals surface area contributed by atoms with Gasteiger partial charge in [-0.05, 0) is 238 Å². The Hall–Kier alpha value is -13.7. The number of hydrogen-bond donors (Lipinski definition) is 0. The van der Waals surface area contributed by atoms with E-state index in [9.17, 15) is 0 Å². The number of anilines is 15. The minimum Gasteiger partial charge on any atom is -0.453 e. The molecule has 28 rings (SSSR count). The molecule has 0 aliphatic carbocycles. The summed E-state index contributed by atoms with van der Waals surface area (Å²) < 4.78 is 27.6. The van der Waals surface area contributed by atoms with Gasteiger partial charge in [0, 0.05) is 60.6 Å². The van der Waals surface area contributed by atoms with Crippen molar-refractivity contribution in [3.8, 4) is 102 Å². The lowest BCUT2D eigenvalue weighted by molar-refractivity contribution is 0.477. The summed E-state index contributed by atoms with van der Waals surface area (Å²) in [7, 11) is -2.38. The molecule has 0 saturated carbocycles. The molecule has 0 N–H and O–H groups in total. The van der Waals surface area contributed by atoms with Crippen molar-refractivity contribution in [2.24, 2.45) is 0 Å². The quantitative estimate of drug-likeness (QED) is 0.150. The fourth-order valence-electron chi connectivity index (χ4n) is 22.7. The first-order valence-electron chi connectivity index (χ1n) is 41.8. The van der Waals surface area contributed by atoms with E-state index in [1.807, 2.05) is 11.8 Å². The average molecular weight is 1560 g/mol. The Morgan fingerprint density at radius 2 is 0.723 bits per heavy atom. The summed E-state index contributed by atoms with van der Waals surface area (Å²) in [5, 5.41) is 2.92. The molecule has 10 nitrogen and oxygen atoms in total. The van der Waals surface area contributed by atoms with Gasteiger partial charge in [-0.15, -0.1) is 0 Å². The van der Waals surface area contributed by atoms with Crippen LogP contribution in [0.15, 0.2) is 313 Å². The molecule has 0 bridgehead atoms. The second kappa shape index (κ2) is 23.1. The van der Waals surface area contributed by atoms with Crippen molar-refractivity contribution in [3.05, 3.63) is 320 Å². The van der Waals surface area contributed by atoms with Crippen molar-refractivity contribution < 1.29 is 18.9 Å². The molecule has 12 heterocycles. The van der Waals surface area contributed by atoms with Crippen LogP contribution in [0.3, 0.4) is 0 Å². The lowest BCUT2D eigenvalue weighted by Gasteiger charge is -2.51. The normalized spacial score (nSPS) is 15.5. The van der Waals surface area contributed by atoms with Crippen molar-refractivity contribution in [2.45, 2.75) is 61.9 Å². The second-order valence-electron chi connectivity index (χ2n) is 34.7. The van der Waals surface area contributed by atoms with E-state index in [0.717, 1.165) is 109 Å². The van der Waals surface area contributed by atoms with Crippen LogP contribution in [-0.2, 0) is 6.42 Å². The van der Waals surface area contributed by atoms with Gasteiger partial charge in [0.05, 0.1) is 51.2 Å². The number of rotatable bonds is 6. The first-order chi connectivity index (χ1) is 58.5. The van der Waals surface area contributed by atoms with E-state index in [1.165, 1.54) is 154 Å². The number of para-hydroxylation sites is 14. The van der Waals surface area contributed by atoms with Crippen LogP contribution in [-0.4, -0.2) is 28.6 Å². The summed E-state index contributed by atoms with van der Waals surface area (Å²) >= 11 is 1.91. The highest BCUT2D eigenvalue weighted by molar-refractivity contribution is 7.99. The number of nitrogens with zero attached hydrogens (tertiary/aromatic N) is 6. The van der Waals surface area contributed by atoms with Gasteiger partial charge < -0.3 is 48.1 Å². The standard InChI is InChI=1S/C104H69B3N6O4SSi/c1-57(2)63-50-69-68-22-16-39-94-101(68)113(107-74-25-19-37-91-104(74)108(81(53-63)96(69)107)75-26-6-10-30-84(75)114-91)80-47-45-62(56-95(80)119(94,4)5)60-41-43-61(44-42-60)65-52-71-67-21-15-38-92-100(67)112(106-73-24-18-36-90-103(73)110(83(55-65)98(71)106)77-28-8-12-32-86(77)116-90)79-46-40-59(49-93(79)118-92)48-58(3)64-51-70-66-20-14-34-88-99(66)111(78-29-9-13-33-87(78)117-88)105-72-23-17-35-89-102(72)109(82(54-64)97(70)105)76-27-7-11-31-85(76)115-89/h6-47,49-58H,48H2,1-5H3. The number of benzene rings is 16. The summed E-state index contributed by atoms with van der Waals surface area (Å²) in [6.45, 7) is 11.8. The van der Waals surface area contributed by atoms with Gasteiger partial charge in [-0.3, -0.25) is 0 Å². The van der Waals surface area contributed by atoms with Crippen molar-refractivity contribution in [2.75, 3.05) is 29.1 Å². The summed E-state index contributed by atoms with van der Waals surface area (Å²) in [4.78, 5) is 18.0. The van der Waals surface area contributed by atoms with Crippen molar-refractivity contribution in [3.63, 3.8) is 0 Å². The van der Waals surface area contributed by atoms with Crippen LogP contribution in [0, 0.1) is 0 Å². The van der Waals surface area contributed by atoms with Crippen LogP contribution < -0.4 is 91.2 Å². The van der Waals surface area contributed by atoms with Crippen LogP contribution in [0.4, 0.5) is 85.3 Å². The third kappa shape index (κ3) is 8.50. The summed E-state index contributed by atoms with van der Waals surface area (Å²) in [5.41, 5.74) is 41.2. The molecule has 16 aromatic rings. The maximum absolute atomic E-state index is 7.02. The monoisotopic (exact) mass is 1560 g/mol. The molecule has 12 aliphatic rings. The highest BCUT2D eigenvalue weighted by Gasteiger charge is 2.55. The van der Waals surface area contributed by atoms with Crippen molar-refractivity contribution in [1.29, 1.82) is 0 Å². The van der Waals surface area contributed by atoms with E-state index in [-0.39, 0.29) is 26.5 Å². The van der Waals surface area contributed by atoms with E-state index < -0.39 is 8.07 Å². The molecule has 119 heavy (non-hydrogen) atoms. The fourth-order valence-corrected chi connectivity index (χ4v) is 26.9. The maximum atomic E-state index is 7.02. The molecule has 0 radical (unpaired) electrons. The number of ether oxygens (including phenoxy) is 4. The molecule has 1 atom stereocenters. The van der Waals surface area contributed by atoms with Gasteiger partial charge in [0.1, 0.15) is 13.8 Å². The van der Waals surface area contributed by atoms with Crippen LogP contribution in [0.2, 0.25) is 13.1 Å². The smallest absolute Gasteiger partial charge is 0.333 e. The van der Waals surface area contributed by atoms with Gasteiger partial charge in [-0.25, -0.2) is 0 Å². The van der Waals surface area contributed by atoms with Gasteiger partial charge in [-0.2, -0.15) is 0 Å². The Kier molecular flexibility index (Phi) is 12.7. The van der Waals surface area contributed by atoms with E-state index in [1.54, 1.807) is 0 Å². The maximum Gasteiger partial charge on any atom is 0.333 e. The van der Waals surface area contributed by atoms with Crippen molar-refractivity contribution >= 4 is 169 Å². The molecular weight excluding hydrogens is 1490 g/mol. The Balaban J connectivity index is 0.549. The Morgan fingerprint density at radius 3 is 1.30 bits per heavy atom. The number of fused-ring (bicyclic) bond motifs is 24. The topological polar surface area (TPSA) is 56.4 Å². The highest BCUT2D eigenvalue weighted by Crippen LogP contribution is 2.63. The molecule has 12 aliphatic heterocycles. The first kappa shape index (κ1) is 65.4. The van der Waals surface area contributed by atoms with Gasteiger partial charge in [0.15, 0.2) is 40.2 Å². The molecule has 0 saturated heterocycles. The lowest BCUT2D eigenvalue weighted by Crippen LogP contribution is -2.68. The van der Waals surface area contributed by atoms with Crippen LogP contribution >= 0.6 is 11.8 Å². The second-order valence-corrected chi connectivity index (χ2v) is 40.2. The fraction of sp³-hybridized carbons (Fsp3) is 0.0769. The molecule has 0 fully saturated rings. The molecule has 16 aromatic carbocycles. The Labute approximate surface area is 695 Å². The van der Waals surface area contributed by atoms with E-state index >= 15 is 0 Å². The SMILES string of the molecule is CC(C)c1cc2c3c(c1)N1c4ccccc4Oc4cccc(c41)B3N1c3ccc(-c4ccc(-c5cc6c7c(c5)N5c8ccccc8Oc8cccc(c85)B7N5c7ccc(CC(C)c8cc9c%10c(c8)N8c%11ccccc%11Oc%11cccc(c%118)B%10N8c%10ccccc%10Oc%10cccc-9c%108)cc7Sc7cccc-6c75)cc4)cc3[Si](C)(C)c3cccc-2c31. The largest absolute Gasteiger partial charge is 0.453 e. The van der Waals surface area contributed by atoms with E-state index in [4.69, 9.17) is 18.9 Å².